The minimum atomic E-state index is -0.211. The fourth-order valence-corrected chi connectivity index (χ4v) is 3.03. The molecule has 1 aromatic rings. The van der Waals surface area contributed by atoms with Gasteiger partial charge in [0.25, 0.3) is 0 Å². The van der Waals surface area contributed by atoms with Crippen LogP contribution in [0.2, 0.25) is 5.02 Å². The minimum Gasteiger partial charge on any atom is -0.378 e. The standard InChI is InChI=1S/C16H23ClFNO/c1-19-12(5-2-6-13-7-4-10-20-13)11-14-15(17)8-3-9-16(14)18/h3,8-9,12-13,19H,2,4-7,10-11H2,1H3. The number of hydrogen-bond acceptors (Lipinski definition) is 2. The Labute approximate surface area is 125 Å². The molecule has 2 nitrogen and oxygen atoms in total. The van der Waals surface area contributed by atoms with Crippen LogP contribution in [0.1, 0.15) is 37.7 Å². The molecule has 1 aromatic carbocycles. The second kappa shape index (κ2) is 7.96. The fourth-order valence-electron chi connectivity index (χ4n) is 2.79. The van der Waals surface area contributed by atoms with Gasteiger partial charge in [-0.05, 0) is 57.7 Å². The van der Waals surface area contributed by atoms with E-state index in [4.69, 9.17) is 16.3 Å². The minimum absolute atomic E-state index is 0.211. The molecule has 0 radical (unpaired) electrons. The normalized spacial score (nSPS) is 20.2. The average Bonchev–Trinajstić information content (AvgIpc) is 2.94. The van der Waals surface area contributed by atoms with Gasteiger partial charge in [-0.2, -0.15) is 0 Å². The Balaban J connectivity index is 1.82. The summed E-state index contributed by atoms with van der Waals surface area (Å²) in [5.41, 5.74) is 0.616. The number of benzene rings is 1. The van der Waals surface area contributed by atoms with Gasteiger partial charge in [-0.1, -0.05) is 17.7 Å². The first kappa shape index (κ1) is 15.7. The van der Waals surface area contributed by atoms with Crippen LogP contribution in [0.4, 0.5) is 4.39 Å². The zero-order valence-corrected chi connectivity index (χ0v) is 12.8. The molecule has 1 N–H and O–H groups in total. The second-order valence-corrected chi connectivity index (χ2v) is 5.86. The molecule has 0 bridgehead atoms. The van der Waals surface area contributed by atoms with E-state index in [9.17, 15) is 4.39 Å². The van der Waals surface area contributed by atoms with Crippen molar-refractivity contribution in [2.24, 2.45) is 0 Å². The highest BCUT2D eigenvalue weighted by molar-refractivity contribution is 6.31. The Morgan fingerprint density at radius 3 is 3.00 bits per heavy atom. The molecule has 1 fully saturated rings. The van der Waals surface area contributed by atoms with Gasteiger partial charge in [-0.3, -0.25) is 0 Å². The van der Waals surface area contributed by atoms with Crippen LogP contribution in [0.3, 0.4) is 0 Å². The lowest BCUT2D eigenvalue weighted by Crippen LogP contribution is -2.28. The zero-order chi connectivity index (χ0) is 14.4. The summed E-state index contributed by atoms with van der Waals surface area (Å²) in [6, 6.07) is 5.12. The van der Waals surface area contributed by atoms with Gasteiger partial charge in [0.2, 0.25) is 0 Å². The van der Waals surface area contributed by atoms with Gasteiger partial charge >= 0.3 is 0 Å². The summed E-state index contributed by atoms with van der Waals surface area (Å²) in [7, 11) is 1.92. The summed E-state index contributed by atoms with van der Waals surface area (Å²) in [6.45, 7) is 0.908. The molecule has 20 heavy (non-hydrogen) atoms. The summed E-state index contributed by atoms with van der Waals surface area (Å²) in [6.07, 6.45) is 6.65. The maximum atomic E-state index is 13.8. The van der Waals surface area contributed by atoms with Gasteiger partial charge in [0.1, 0.15) is 5.82 Å². The molecule has 2 atom stereocenters. The first-order valence-electron chi connectivity index (χ1n) is 7.42. The van der Waals surface area contributed by atoms with Crippen molar-refractivity contribution in [1.29, 1.82) is 0 Å². The van der Waals surface area contributed by atoms with Crippen LogP contribution in [-0.2, 0) is 11.2 Å². The topological polar surface area (TPSA) is 21.3 Å². The molecule has 0 amide bonds. The summed E-state index contributed by atoms with van der Waals surface area (Å²) in [5.74, 6) is -0.211. The Kier molecular flexibility index (Phi) is 6.27. The van der Waals surface area contributed by atoms with Crippen molar-refractivity contribution >= 4 is 11.6 Å². The van der Waals surface area contributed by atoms with E-state index >= 15 is 0 Å². The van der Waals surface area contributed by atoms with Gasteiger partial charge in [0, 0.05) is 23.2 Å². The van der Waals surface area contributed by atoms with Crippen molar-refractivity contribution in [2.45, 2.75) is 50.7 Å². The van der Waals surface area contributed by atoms with Crippen molar-refractivity contribution in [3.8, 4) is 0 Å². The second-order valence-electron chi connectivity index (χ2n) is 5.46. The lowest BCUT2D eigenvalue weighted by molar-refractivity contribution is 0.101. The van der Waals surface area contributed by atoms with Gasteiger partial charge in [0.15, 0.2) is 0 Å². The van der Waals surface area contributed by atoms with Gasteiger partial charge in [-0.25, -0.2) is 4.39 Å². The van der Waals surface area contributed by atoms with Crippen LogP contribution >= 0.6 is 11.6 Å². The summed E-state index contributed by atoms with van der Waals surface area (Å²) < 4.78 is 19.4. The highest BCUT2D eigenvalue weighted by Crippen LogP contribution is 2.23. The molecule has 1 aliphatic rings. The zero-order valence-electron chi connectivity index (χ0n) is 12.0. The third-order valence-electron chi connectivity index (χ3n) is 4.02. The highest BCUT2D eigenvalue weighted by Gasteiger charge is 2.17. The van der Waals surface area contributed by atoms with Crippen LogP contribution in [0.15, 0.2) is 18.2 Å². The molecule has 2 rings (SSSR count). The molecule has 112 valence electrons. The number of ether oxygens (including phenoxy) is 1. The van der Waals surface area contributed by atoms with Gasteiger partial charge < -0.3 is 10.1 Å². The molecule has 0 spiro atoms. The lowest BCUT2D eigenvalue weighted by atomic mass is 9.99. The predicted molar refractivity (Wildman–Crippen MR) is 80.8 cm³/mol. The van der Waals surface area contributed by atoms with Crippen molar-refractivity contribution < 1.29 is 9.13 Å². The SMILES string of the molecule is CNC(CCCC1CCCO1)Cc1c(F)cccc1Cl. The van der Waals surface area contributed by atoms with Crippen LogP contribution < -0.4 is 5.32 Å². The third-order valence-corrected chi connectivity index (χ3v) is 4.38. The van der Waals surface area contributed by atoms with Crippen LogP contribution in [0.5, 0.6) is 0 Å². The van der Waals surface area contributed by atoms with Gasteiger partial charge in [0.05, 0.1) is 6.10 Å². The number of likely N-dealkylation sites (N-methyl/N-ethyl adjacent to an activating group) is 1. The Bertz CT molecular complexity index is 401. The average molecular weight is 300 g/mol. The lowest BCUT2D eigenvalue weighted by Gasteiger charge is -2.18. The first-order valence-corrected chi connectivity index (χ1v) is 7.80. The van der Waals surface area contributed by atoms with Crippen molar-refractivity contribution in [1.82, 2.24) is 5.32 Å². The molecule has 1 aliphatic heterocycles. The first-order chi connectivity index (χ1) is 9.70. The third kappa shape index (κ3) is 4.44. The van der Waals surface area contributed by atoms with Crippen molar-refractivity contribution in [2.75, 3.05) is 13.7 Å². The van der Waals surface area contributed by atoms with Crippen molar-refractivity contribution in [3.63, 3.8) is 0 Å². The Morgan fingerprint density at radius 2 is 2.35 bits per heavy atom. The van der Waals surface area contributed by atoms with Crippen molar-refractivity contribution in [3.05, 3.63) is 34.6 Å². The van der Waals surface area contributed by atoms with E-state index in [1.807, 2.05) is 7.05 Å². The molecular weight excluding hydrogens is 277 g/mol. The molecule has 0 saturated carbocycles. The van der Waals surface area contributed by atoms with Crippen LogP contribution in [0.25, 0.3) is 0 Å². The van der Waals surface area contributed by atoms with Crippen LogP contribution in [-0.4, -0.2) is 25.8 Å². The Hall–Kier alpha value is -0.640. The quantitative estimate of drug-likeness (QED) is 0.823. The molecule has 2 unspecified atom stereocenters. The summed E-state index contributed by atoms with van der Waals surface area (Å²) in [4.78, 5) is 0. The molecule has 1 saturated heterocycles. The van der Waals surface area contributed by atoms with E-state index in [2.05, 4.69) is 5.32 Å². The molecular formula is C16H23ClFNO. The Morgan fingerprint density at radius 1 is 1.50 bits per heavy atom. The summed E-state index contributed by atoms with van der Waals surface area (Å²) >= 11 is 6.08. The molecule has 0 aliphatic carbocycles. The number of hydrogen-bond donors (Lipinski definition) is 1. The smallest absolute Gasteiger partial charge is 0.127 e. The molecule has 0 aromatic heterocycles. The van der Waals surface area contributed by atoms with Crippen LogP contribution in [0, 0.1) is 5.82 Å². The maximum Gasteiger partial charge on any atom is 0.127 e. The monoisotopic (exact) mass is 299 g/mol. The maximum absolute atomic E-state index is 13.8. The largest absolute Gasteiger partial charge is 0.378 e. The van der Waals surface area contributed by atoms with E-state index in [-0.39, 0.29) is 11.9 Å². The van der Waals surface area contributed by atoms with E-state index in [0.29, 0.717) is 23.1 Å². The van der Waals surface area contributed by atoms with E-state index in [1.54, 1.807) is 12.1 Å². The molecule has 4 heteroatoms. The number of halogens is 2. The highest BCUT2D eigenvalue weighted by atomic mass is 35.5. The molecule has 1 heterocycles. The van der Waals surface area contributed by atoms with E-state index in [1.165, 1.54) is 18.9 Å². The van der Waals surface area contributed by atoms with Gasteiger partial charge in [-0.15, -0.1) is 0 Å². The van der Waals surface area contributed by atoms with E-state index in [0.717, 1.165) is 25.9 Å². The summed E-state index contributed by atoms with van der Waals surface area (Å²) in [5, 5.41) is 3.78. The van der Waals surface area contributed by atoms with E-state index < -0.39 is 0 Å². The fraction of sp³-hybridized carbons (Fsp3) is 0.625. The number of nitrogens with one attached hydrogen (secondary N) is 1. The number of rotatable bonds is 7. The predicted octanol–water partition coefficient (Wildman–Crippen LogP) is 3.96.